The number of hydrogen-bond donors (Lipinski definition) is 2. The molecule has 2 N–H and O–H groups in total. The number of aliphatic hydroxyl groups is 1. The van der Waals surface area contributed by atoms with Crippen molar-refractivity contribution in [2.75, 3.05) is 11.9 Å². The number of hydrogen-bond acceptors (Lipinski definition) is 9. The predicted octanol–water partition coefficient (Wildman–Crippen LogP) is 5.14. The van der Waals surface area contributed by atoms with Crippen LogP contribution in [0.5, 0.6) is 0 Å². The molecule has 44 heavy (non-hydrogen) atoms. The molecule has 0 saturated heterocycles. The number of carbonyl (C=O) groups is 4. The zero-order chi connectivity index (χ0) is 31.3. The number of ether oxygens (including phenoxy) is 2. The van der Waals surface area contributed by atoms with Crippen LogP contribution in [0.25, 0.3) is 0 Å². The van der Waals surface area contributed by atoms with Crippen molar-refractivity contribution in [2.45, 2.75) is 57.7 Å². The number of amides is 1. The van der Waals surface area contributed by atoms with Gasteiger partial charge in [0.25, 0.3) is 0 Å². The van der Waals surface area contributed by atoms with Gasteiger partial charge in [-0.15, -0.1) is 0 Å². The number of carbonyl (C=O) groups excluding carboxylic acids is 4. The van der Waals surface area contributed by atoms with Crippen molar-refractivity contribution in [3.8, 4) is 6.07 Å². The third-order valence-electron chi connectivity index (χ3n) is 10.6. The molecule has 1 heterocycles. The van der Waals surface area contributed by atoms with E-state index in [4.69, 9.17) is 19.2 Å². The van der Waals surface area contributed by atoms with Gasteiger partial charge >= 0.3 is 12.1 Å². The second-order valence-electron chi connectivity index (χ2n) is 12.8. The van der Waals surface area contributed by atoms with Crippen molar-refractivity contribution in [1.82, 2.24) is 0 Å². The number of nitriles is 1. The molecule has 7 atom stereocenters. The maximum Gasteiger partial charge on any atom is 0.412 e. The number of esters is 1. The Kier molecular flexibility index (Phi) is 7.33. The van der Waals surface area contributed by atoms with Crippen molar-refractivity contribution in [3.63, 3.8) is 0 Å². The third kappa shape index (κ3) is 4.67. The van der Waals surface area contributed by atoms with Crippen LogP contribution in [0.2, 0.25) is 0 Å². The Morgan fingerprint density at radius 1 is 1.18 bits per heavy atom. The van der Waals surface area contributed by atoms with E-state index in [1.165, 1.54) is 18.4 Å². The normalized spacial score (nSPS) is 33.6. The fraction of sp³-hybridized carbons (Fsp3) is 0.441. The van der Waals surface area contributed by atoms with Gasteiger partial charge in [-0.3, -0.25) is 14.9 Å². The minimum Gasteiger partial charge on any atom is -0.457 e. The Hall–Kier alpha value is -4.49. The summed E-state index contributed by atoms with van der Waals surface area (Å²) in [6.07, 6.45) is 7.10. The topological polar surface area (TPSA) is 156 Å². The van der Waals surface area contributed by atoms with E-state index in [0.29, 0.717) is 24.1 Å². The molecule has 1 aromatic carbocycles. The Balaban J connectivity index is 1.29. The highest BCUT2D eigenvalue weighted by molar-refractivity contribution is 6.01. The van der Waals surface area contributed by atoms with E-state index >= 15 is 0 Å². The molecule has 6 rings (SSSR count). The molecular weight excluding hydrogens is 564 g/mol. The number of furan rings is 1. The lowest BCUT2D eigenvalue weighted by atomic mass is 9.46. The Morgan fingerprint density at radius 2 is 2.00 bits per heavy atom. The van der Waals surface area contributed by atoms with Gasteiger partial charge in [-0.05, 0) is 86.4 Å². The number of aliphatic hydroxyl groups excluding tert-OH is 1. The molecule has 0 radical (unpaired) electrons. The molecule has 0 aliphatic heterocycles. The fourth-order valence-electron chi connectivity index (χ4n) is 8.67. The minimum absolute atomic E-state index is 0.00244. The van der Waals surface area contributed by atoms with Crippen LogP contribution < -0.4 is 5.32 Å². The van der Waals surface area contributed by atoms with E-state index in [1.807, 2.05) is 19.1 Å². The van der Waals surface area contributed by atoms with Crippen molar-refractivity contribution in [2.24, 2.45) is 28.6 Å². The van der Waals surface area contributed by atoms with E-state index in [-0.39, 0.29) is 42.1 Å². The molecule has 3 saturated carbocycles. The number of ketones is 2. The lowest BCUT2D eigenvalue weighted by molar-refractivity contribution is -0.180. The number of rotatable bonds is 6. The number of allylic oxidation sites excluding steroid dienone is 4. The lowest BCUT2D eigenvalue weighted by Gasteiger charge is -2.59. The summed E-state index contributed by atoms with van der Waals surface area (Å²) in [7, 11) is 0. The molecule has 3 fully saturated rings. The zero-order valence-corrected chi connectivity index (χ0v) is 24.6. The average Bonchev–Trinajstić information content (AvgIpc) is 3.63. The summed E-state index contributed by atoms with van der Waals surface area (Å²) in [5, 5.41) is 23.5. The number of anilines is 1. The van der Waals surface area contributed by atoms with E-state index in [9.17, 15) is 24.3 Å². The maximum absolute atomic E-state index is 14.2. The monoisotopic (exact) mass is 598 g/mol. The molecule has 2 aromatic rings. The molecule has 4 aliphatic carbocycles. The summed E-state index contributed by atoms with van der Waals surface area (Å²) in [4.78, 5) is 52.4. The predicted molar refractivity (Wildman–Crippen MR) is 156 cm³/mol. The van der Waals surface area contributed by atoms with Crippen molar-refractivity contribution < 1.29 is 38.2 Å². The standard InChI is InChI=1S/C34H34N2O8/c1-32-12-10-23(37)16-21(32)8-9-24-25-11-13-34(33(25,2)17-26(38)29(24)32,44-30(40)27-7-4-14-42-27)28(39)19-43-31(41)36-22-6-3-5-20(15-22)18-35/h3-7,10,12,14-16,24-26,29,38H,8-9,11,13,17,19H2,1-2H3,(H,36,41)/t24?,25?,26-,29?,32?,33?,34-/m0/s1. The molecule has 1 amide bonds. The smallest absolute Gasteiger partial charge is 0.412 e. The molecule has 5 unspecified atom stereocenters. The molecule has 10 nitrogen and oxygen atoms in total. The highest BCUT2D eigenvalue weighted by Gasteiger charge is 2.70. The van der Waals surface area contributed by atoms with Gasteiger partial charge in [-0.1, -0.05) is 31.6 Å². The first-order valence-corrected chi connectivity index (χ1v) is 14.9. The van der Waals surface area contributed by atoms with Gasteiger partial charge in [0, 0.05) is 22.4 Å². The SMILES string of the molecule is CC12C=CC(=O)C=C1CCC1C2[C@@H](O)CC2(C)C1CC[C@]2(OC(=O)c1ccco1)C(=O)COC(=O)Nc1cccc(C#N)c1. The second kappa shape index (κ2) is 10.9. The van der Waals surface area contributed by atoms with Crippen LogP contribution in [0.4, 0.5) is 10.5 Å². The first kappa shape index (κ1) is 29.6. The fourth-order valence-corrected chi connectivity index (χ4v) is 8.67. The quantitative estimate of drug-likeness (QED) is 0.430. The third-order valence-corrected chi connectivity index (χ3v) is 10.6. The van der Waals surface area contributed by atoms with Crippen LogP contribution in [-0.2, 0) is 19.1 Å². The number of benzene rings is 1. The van der Waals surface area contributed by atoms with Crippen LogP contribution in [0.1, 0.15) is 62.1 Å². The van der Waals surface area contributed by atoms with Crippen molar-refractivity contribution in [1.29, 1.82) is 5.26 Å². The first-order valence-electron chi connectivity index (χ1n) is 14.9. The molecule has 0 spiro atoms. The molecule has 228 valence electrons. The summed E-state index contributed by atoms with van der Waals surface area (Å²) in [5.41, 5.74) is -1.48. The van der Waals surface area contributed by atoms with Crippen LogP contribution in [-0.4, -0.2) is 47.0 Å². The summed E-state index contributed by atoms with van der Waals surface area (Å²) in [6, 6.07) is 11.2. The van der Waals surface area contributed by atoms with Gasteiger partial charge in [0.1, 0.15) is 0 Å². The van der Waals surface area contributed by atoms with E-state index < -0.39 is 47.0 Å². The Morgan fingerprint density at radius 3 is 2.75 bits per heavy atom. The van der Waals surface area contributed by atoms with Crippen LogP contribution in [0.3, 0.4) is 0 Å². The highest BCUT2D eigenvalue weighted by atomic mass is 16.6. The number of nitrogens with zero attached hydrogens (tertiary/aromatic N) is 1. The summed E-state index contributed by atoms with van der Waals surface area (Å²) in [6.45, 7) is 3.28. The van der Waals surface area contributed by atoms with Crippen molar-refractivity contribution >= 4 is 29.3 Å². The van der Waals surface area contributed by atoms with E-state index in [1.54, 1.807) is 36.4 Å². The Bertz CT molecular complexity index is 1620. The number of nitrogens with one attached hydrogen (secondary N) is 1. The van der Waals surface area contributed by atoms with Gasteiger partial charge in [-0.2, -0.15) is 5.26 Å². The molecule has 4 aliphatic rings. The van der Waals surface area contributed by atoms with Gasteiger partial charge in [-0.25, -0.2) is 9.59 Å². The van der Waals surface area contributed by atoms with Crippen LogP contribution in [0, 0.1) is 39.9 Å². The first-order chi connectivity index (χ1) is 21.0. The van der Waals surface area contributed by atoms with Crippen molar-refractivity contribution in [3.05, 3.63) is 77.8 Å². The number of Topliss-reactive ketones (excluding diaryl/α,β-unsaturated/α-hetero) is 1. The Labute approximate surface area is 254 Å². The summed E-state index contributed by atoms with van der Waals surface area (Å²) < 4.78 is 16.7. The van der Waals surface area contributed by atoms with Gasteiger partial charge in [0.15, 0.2) is 18.0 Å². The minimum atomic E-state index is -1.69. The van der Waals surface area contributed by atoms with E-state index in [0.717, 1.165) is 12.0 Å². The highest BCUT2D eigenvalue weighted by Crippen LogP contribution is 2.68. The van der Waals surface area contributed by atoms with Crippen LogP contribution in [0.15, 0.2) is 70.9 Å². The lowest BCUT2D eigenvalue weighted by Crippen LogP contribution is -2.63. The molecule has 1 aromatic heterocycles. The zero-order valence-electron chi connectivity index (χ0n) is 24.6. The van der Waals surface area contributed by atoms with Crippen LogP contribution >= 0.6 is 0 Å². The summed E-state index contributed by atoms with van der Waals surface area (Å²) in [5.74, 6) is -1.78. The molecule has 10 heteroatoms. The maximum atomic E-state index is 14.2. The molecule has 0 bridgehead atoms. The van der Waals surface area contributed by atoms with Gasteiger partial charge in [0.05, 0.1) is 24.0 Å². The second-order valence-corrected chi connectivity index (χ2v) is 12.8. The molecular formula is C34H34N2O8. The van der Waals surface area contributed by atoms with E-state index in [2.05, 4.69) is 12.2 Å². The summed E-state index contributed by atoms with van der Waals surface area (Å²) >= 11 is 0. The van der Waals surface area contributed by atoms with Gasteiger partial charge < -0.3 is 19.0 Å². The average molecular weight is 599 g/mol. The van der Waals surface area contributed by atoms with Gasteiger partial charge in [0.2, 0.25) is 11.5 Å². The largest absolute Gasteiger partial charge is 0.457 e. The number of fused-ring (bicyclic) bond motifs is 5.